The van der Waals surface area contributed by atoms with Crippen LogP contribution in [0, 0.1) is 5.92 Å². The lowest BCUT2D eigenvalue weighted by Gasteiger charge is -2.31. The normalized spacial score (nSPS) is 22.3. The van der Waals surface area contributed by atoms with Crippen LogP contribution in [0.5, 0.6) is 5.75 Å². The molecule has 6 nitrogen and oxygen atoms in total. The van der Waals surface area contributed by atoms with Gasteiger partial charge in [0.25, 0.3) is 0 Å². The van der Waals surface area contributed by atoms with Crippen molar-refractivity contribution in [1.29, 1.82) is 0 Å². The number of nitrogens with one attached hydrogen (secondary N) is 1. The molecular formula is C29H32ClN3O3. The number of ether oxygens (including phenoxy) is 2. The molecule has 1 N–H and O–H groups in total. The Morgan fingerprint density at radius 1 is 1.11 bits per heavy atom. The van der Waals surface area contributed by atoms with Crippen LogP contribution in [0.25, 0.3) is 22.4 Å². The number of carbonyl (C=O) groups excluding carboxylic acids is 1. The lowest BCUT2D eigenvalue weighted by molar-refractivity contribution is 0.0140. The molecule has 3 atom stereocenters. The number of fused-ring (bicyclic) bond motifs is 6. The number of benzene rings is 2. The lowest BCUT2D eigenvalue weighted by atomic mass is 9.87. The summed E-state index contributed by atoms with van der Waals surface area (Å²) in [6.07, 6.45) is 2.38. The molecule has 3 aliphatic rings. The van der Waals surface area contributed by atoms with E-state index in [0.29, 0.717) is 12.5 Å². The van der Waals surface area contributed by atoms with Gasteiger partial charge in [-0.25, -0.2) is 9.78 Å². The summed E-state index contributed by atoms with van der Waals surface area (Å²) in [6.45, 7) is 10.5. The van der Waals surface area contributed by atoms with E-state index in [2.05, 4.69) is 37.0 Å². The van der Waals surface area contributed by atoms with E-state index in [1.165, 1.54) is 11.1 Å². The van der Waals surface area contributed by atoms with Gasteiger partial charge in [0.15, 0.2) is 0 Å². The molecule has 6 rings (SSSR count). The van der Waals surface area contributed by atoms with Gasteiger partial charge in [-0.2, -0.15) is 0 Å². The molecule has 1 aliphatic carbocycles. The van der Waals surface area contributed by atoms with Crippen LogP contribution in [-0.2, 0) is 24.2 Å². The second-order valence-corrected chi connectivity index (χ2v) is 11.8. The van der Waals surface area contributed by atoms with E-state index in [0.717, 1.165) is 63.9 Å². The Balaban J connectivity index is 1.37. The number of aromatic nitrogens is 2. The molecule has 0 spiro atoms. The molecule has 36 heavy (non-hydrogen) atoms. The van der Waals surface area contributed by atoms with Gasteiger partial charge in [-0.1, -0.05) is 24.6 Å². The van der Waals surface area contributed by atoms with Crippen molar-refractivity contribution in [3.63, 3.8) is 0 Å². The maximum atomic E-state index is 13.2. The van der Waals surface area contributed by atoms with E-state index in [1.807, 2.05) is 37.8 Å². The van der Waals surface area contributed by atoms with Crippen molar-refractivity contribution in [3.05, 3.63) is 58.0 Å². The first kappa shape index (κ1) is 23.4. The minimum Gasteiger partial charge on any atom is -0.488 e. The number of hydrogen-bond donors (Lipinski definition) is 1. The highest BCUT2D eigenvalue weighted by atomic mass is 35.5. The molecule has 0 radical (unpaired) electrons. The smallest absolute Gasteiger partial charge is 0.411 e. The summed E-state index contributed by atoms with van der Waals surface area (Å²) in [5, 5.41) is 0.725. The zero-order chi connectivity index (χ0) is 25.4. The molecule has 1 fully saturated rings. The first-order valence-corrected chi connectivity index (χ1v) is 13.2. The quantitative estimate of drug-likeness (QED) is 0.383. The minimum atomic E-state index is -0.544. The summed E-state index contributed by atoms with van der Waals surface area (Å²) in [5.41, 5.74) is 7.32. The standard InChI is InChI=1S/C29H32ClN3O3/c1-15-10-24(33(16(15)2)28(34)36-29(3,4)5)27-31-23-9-6-17-12-22-20-8-7-19(30)11-18(20)14-35-25(22)13-21(17)26(23)32-27/h7-8,11-13,15-16,24H,6,9-10,14H2,1-5H3,(H,31,32)/t15-,16-,24?/m1/s1. The Morgan fingerprint density at radius 2 is 1.92 bits per heavy atom. The highest BCUT2D eigenvalue weighted by Crippen LogP contribution is 2.46. The average Bonchev–Trinajstić information content (AvgIpc) is 3.37. The van der Waals surface area contributed by atoms with Gasteiger partial charge >= 0.3 is 6.09 Å². The van der Waals surface area contributed by atoms with Crippen LogP contribution in [0.2, 0.25) is 5.02 Å². The Morgan fingerprint density at radius 3 is 2.69 bits per heavy atom. The Hall–Kier alpha value is -2.99. The molecule has 3 aromatic rings. The number of imidazole rings is 1. The lowest BCUT2D eigenvalue weighted by Crippen LogP contribution is -2.41. The predicted octanol–water partition coefficient (Wildman–Crippen LogP) is 7.09. The van der Waals surface area contributed by atoms with Gasteiger partial charge in [-0.05, 0) is 93.8 Å². The summed E-state index contributed by atoms with van der Waals surface area (Å²) >= 11 is 6.21. The van der Waals surface area contributed by atoms with Crippen LogP contribution in [0.3, 0.4) is 0 Å². The number of nitrogens with zero attached hydrogens (tertiary/aromatic N) is 2. The summed E-state index contributed by atoms with van der Waals surface area (Å²) in [4.78, 5) is 23.7. The predicted molar refractivity (Wildman–Crippen MR) is 140 cm³/mol. The molecule has 188 valence electrons. The number of likely N-dealkylation sites (tertiary alicyclic amines) is 1. The van der Waals surface area contributed by atoms with Gasteiger partial charge in [0.1, 0.15) is 23.8 Å². The molecule has 2 aromatic carbocycles. The fourth-order valence-corrected chi connectivity index (χ4v) is 6.00. The van der Waals surface area contributed by atoms with Gasteiger partial charge in [0, 0.05) is 27.9 Å². The fourth-order valence-electron chi connectivity index (χ4n) is 5.80. The van der Waals surface area contributed by atoms with Gasteiger partial charge < -0.3 is 14.5 Å². The molecular weight excluding hydrogens is 474 g/mol. The van der Waals surface area contributed by atoms with E-state index in [9.17, 15) is 4.79 Å². The van der Waals surface area contributed by atoms with Gasteiger partial charge in [-0.15, -0.1) is 0 Å². The van der Waals surface area contributed by atoms with Crippen LogP contribution >= 0.6 is 11.6 Å². The van der Waals surface area contributed by atoms with Gasteiger partial charge in [-0.3, -0.25) is 4.90 Å². The largest absolute Gasteiger partial charge is 0.488 e. The van der Waals surface area contributed by atoms with Crippen LogP contribution in [-0.4, -0.2) is 32.6 Å². The van der Waals surface area contributed by atoms with E-state index < -0.39 is 5.60 Å². The highest BCUT2D eigenvalue weighted by Gasteiger charge is 2.44. The van der Waals surface area contributed by atoms with Crippen molar-refractivity contribution in [2.75, 3.05) is 0 Å². The maximum Gasteiger partial charge on any atom is 0.411 e. The van der Waals surface area contributed by atoms with Crippen molar-refractivity contribution in [3.8, 4) is 28.1 Å². The minimum absolute atomic E-state index is 0.0771. The van der Waals surface area contributed by atoms with Crippen molar-refractivity contribution in [2.45, 2.75) is 78.2 Å². The van der Waals surface area contributed by atoms with E-state index in [4.69, 9.17) is 26.1 Å². The summed E-state index contributed by atoms with van der Waals surface area (Å²) in [7, 11) is 0. The number of hydrogen-bond acceptors (Lipinski definition) is 4. The van der Waals surface area contributed by atoms with Crippen LogP contribution < -0.4 is 4.74 Å². The molecule has 7 heteroatoms. The monoisotopic (exact) mass is 505 g/mol. The molecule has 1 saturated heterocycles. The number of rotatable bonds is 1. The van der Waals surface area contributed by atoms with Gasteiger partial charge in [0.05, 0.1) is 11.7 Å². The number of halogens is 1. The molecule has 3 heterocycles. The fraction of sp³-hybridized carbons (Fsp3) is 0.448. The average molecular weight is 506 g/mol. The van der Waals surface area contributed by atoms with Crippen molar-refractivity contribution in [1.82, 2.24) is 14.9 Å². The number of aryl methyl sites for hydroxylation is 2. The zero-order valence-corrected chi connectivity index (χ0v) is 22.2. The molecule has 0 saturated carbocycles. The Kier molecular flexibility index (Phi) is 5.38. The molecule has 1 unspecified atom stereocenters. The highest BCUT2D eigenvalue weighted by molar-refractivity contribution is 6.30. The number of carbonyl (C=O) groups is 1. The van der Waals surface area contributed by atoms with Gasteiger partial charge in [0.2, 0.25) is 0 Å². The topological polar surface area (TPSA) is 67.5 Å². The second-order valence-electron chi connectivity index (χ2n) is 11.4. The van der Waals surface area contributed by atoms with E-state index >= 15 is 0 Å². The molecule has 1 aromatic heterocycles. The van der Waals surface area contributed by atoms with E-state index in [1.54, 1.807) is 0 Å². The summed E-state index contributed by atoms with van der Waals surface area (Å²) in [5.74, 6) is 2.07. The SMILES string of the molecule is C[C@@H]1CC(c2nc3c([nH]2)CCc2cc4c(cc2-3)OCc2cc(Cl)ccc2-4)N(C(=O)OC(C)(C)C)[C@@H]1C. The third kappa shape index (κ3) is 3.86. The zero-order valence-electron chi connectivity index (χ0n) is 21.4. The maximum absolute atomic E-state index is 13.2. The van der Waals surface area contributed by atoms with Crippen molar-refractivity contribution < 1.29 is 14.3 Å². The van der Waals surface area contributed by atoms with Crippen LogP contribution in [0.4, 0.5) is 4.79 Å². The third-order valence-corrected chi connectivity index (χ3v) is 7.99. The number of H-pyrrole nitrogens is 1. The van der Waals surface area contributed by atoms with Crippen molar-refractivity contribution >= 4 is 17.7 Å². The first-order chi connectivity index (χ1) is 17.1. The molecule has 2 aliphatic heterocycles. The first-order valence-electron chi connectivity index (χ1n) is 12.8. The van der Waals surface area contributed by atoms with Crippen LogP contribution in [0.1, 0.15) is 69.7 Å². The van der Waals surface area contributed by atoms with E-state index in [-0.39, 0.29) is 18.2 Å². The second kappa shape index (κ2) is 8.27. The number of amides is 1. The summed E-state index contributed by atoms with van der Waals surface area (Å²) < 4.78 is 11.9. The summed E-state index contributed by atoms with van der Waals surface area (Å²) in [6, 6.07) is 10.3. The van der Waals surface area contributed by atoms with Crippen LogP contribution in [0.15, 0.2) is 30.3 Å². The number of aromatic amines is 1. The molecule has 1 amide bonds. The third-order valence-electron chi connectivity index (χ3n) is 7.76. The van der Waals surface area contributed by atoms with Crippen molar-refractivity contribution in [2.24, 2.45) is 5.92 Å². The Labute approximate surface area is 217 Å². The Bertz CT molecular complexity index is 1370. The molecule has 0 bridgehead atoms.